The largest absolute Gasteiger partial charge is 0.349 e. The number of hydrogen-bond acceptors (Lipinski definition) is 1. The van der Waals surface area contributed by atoms with Crippen LogP contribution in [0.4, 0.5) is 0 Å². The Balaban J connectivity index is 2.46. The van der Waals surface area contributed by atoms with Crippen molar-refractivity contribution in [2.75, 3.05) is 6.54 Å². The molecule has 4 heteroatoms. The van der Waals surface area contributed by atoms with Crippen LogP contribution in [0.5, 0.6) is 0 Å². The standard InChI is InChI=1S/C10H13IN2O/c1-6(2)9-4-12-10(14)8-3-7(11)5-13(8)9/h3,5-6,9H,4H2,1-2H3,(H,12,14)/t9-/m1/s1. The number of aromatic nitrogens is 1. The predicted octanol–water partition coefficient (Wildman–Crippen LogP) is 2.03. The number of amides is 1. The first-order valence-electron chi connectivity index (χ1n) is 4.75. The van der Waals surface area contributed by atoms with Crippen molar-refractivity contribution in [2.45, 2.75) is 19.9 Å². The van der Waals surface area contributed by atoms with E-state index in [0.29, 0.717) is 12.0 Å². The summed E-state index contributed by atoms with van der Waals surface area (Å²) in [6.45, 7) is 5.10. The van der Waals surface area contributed by atoms with Gasteiger partial charge in [-0.05, 0) is 34.6 Å². The van der Waals surface area contributed by atoms with Crippen molar-refractivity contribution in [2.24, 2.45) is 5.92 Å². The van der Waals surface area contributed by atoms with Crippen LogP contribution in [0.15, 0.2) is 12.3 Å². The summed E-state index contributed by atoms with van der Waals surface area (Å²) in [4.78, 5) is 11.5. The minimum atomic E-state index is 0.0461. The van der Waals surface area contributed by atoms with Crippen molar-refractivity contribution < 1.29 is 4.79 Å². The number of nitrogens with zero attached hydrogens (tertiary/aromatic N) is 1. The summed E-state index contributed by atoms with van der Waals surface area (Å²) in [6.07, 6.45) is 2.05. The second-order valence-electron chi connectivity index (χ2n) is 3.97. The zero-order valence-corrected chi connectivity index (χ0v) is 10.4. The van der Waals surface area contributed by atoms with E-state index >= 15 is 0 Å². The molecule has 1 aromatic heterocycles. The molecule has 2 rings (SSSR count). The molecule has 0 unspecified atom stereocenters. The highest BCUT2D eigenvalue weighted by Crippen LogP contribution is 2.25. The number of carbonyl (C=O) groups excluding carboxylic acids is 1. The molecule has 0 radical (unpaired) electrons. The Bertz CT molecular complexity index is 370. The lowest BCUT2D eigenvalue weighted by Gasteiger charge is -2.29. The van der Waals surface area contributed by atoms with Gasteiger partial charge in [-0.3, -0.25) is 4.79 Å². The van der Waals surface area contributed by atoms with Gasteiger partial charge < -0.3 is 9.88 Å². The maximum absolute atomic E-state index is 11.5. The lowest BCUT2D eigenvalue weighted by Crippen LogP contribution is -2.40. The second kappa shape index (κ2) is 3.56. The van der Waals surface area contributed by atoms with Crippen LogP contribution in [-0.2, 0) is 0 Å². The summed E-state index contributed by atoms with van der Waals surface area (Å²) in [5, 5.41) is 2.92. The molecular formula is C10H13IN2O. The average molecular weight is 304 g/mol. The molecule has 0 aliphatic carbocycles. The molecule has 1 aliphatic heterocycles. The zero-order chi connectivity index (χ0) is 10.3. The van der Waals surface area contributed by atoms with E-state index in [1.165, 1.54) is 0 Å². The molecule has 1 amide bonds. The van der Waals surface area contributed by atoms with Gasteiger partial charge in [-0.2, -0.15) is 0 Å². The summed E-state index contributed by atoms with van der Waals surface area (Å²) in [6, 6.07) is 2.33. The molecule has 0 spiro atoms. The molecule has 76 valence electrons. The van der Waals surface area contributed by atoms with E-state index < -0.39 is 0 Å². The van der Waals surface area contributed by atoms with Gasteiger partial charge in [-0.15, -0.1) is 0 Å². The van der Waals surface area contributed by atoms with Crippen LogP contribution in [0, 0.1) is 9.49 Å². The highest BCUT2D eigenvalue weighted by molar-refractivity contribution is 14.1. The topological polar surface area (TPSA) is 34.0 Å². The number of hydrogen-bond donors (Lipinski definition) is 1. The third-order valence-electron chi connectivity index (χ3n) is 2.65. The SMILES string of the molecule is CC(C)[C@H]1CNC(=O)c2cc(I)cn21. The number of carbonyl (C=O) groups is 1. The van der Waals surface area contributed by atoms with Gasteiger partial charge in [0.05, 0.1) is 6.04 Å². The summed E-state index contributed by atoms with van der Waals surface area (Å²) in [7, 11) is 0. The van der Waals surface area contributed by atoms with Crippen LogP contribution in [0.1, 0.15) is 30.4 Å². The molecule has 1 N–H and O–H groups in total. The number of nitrogens with one attached hydrogen (secondary N) is 1. The molecule has 0 saturated heterocycles. The Morgan fingerprint density at radius 3 is 3.00 bits per heavy atom. The minimum Gasteiger partial charge on any atom is -0.349 e. The predicted molar refractivity (Wildman–Crippen MR) is 63.4 cm³/mol. The fraction of sp³-hybridized carbons (Fsp3) is 0.500. The Morgan fingerprint density at radius 1 is 1.64 bits per heavy atom. The monoisotopic (exact) mass is 304 g/mol. The molecule has 1 aliphatic rings. The molecule has 2 heterocycles. The van der Waals surface area contributed by atoms with Crippen LogP contribution in [0.2, 0.25) is 0 Å². The van der Waals surface area contributed by atoms with Gasteiger partial charge in [0.15, 0.2) is 0 Å². The number of fused-ring (bicyclic) bond motifs is 1. The molecule has 0 aromatic carbocycles. The van der Waals surface area contributed by atoms with Crippen molar-refractivity contribution in [3.63, 3.8) is 0 Å². The highest BCUT2D eigenvalue weighted by atomic mass is 127. The van der Waals surface area contributed by atoms with Gasteiger partial charge in [0.25, 0.3) is 5.91 Å². The lowest BCUT2D eigenvalue weighted by atomic mass is 10.0. The van der Waals surface area contributed by atoms with E-state index in [1.54, 1.807) is 0 Å². The average Bonchev–Trinajstić information content (AvgIpc) is 2.47. The summed E-state index contributed by atoms with van der Waals surface area (Å²) in [5.41, 5.74) is 0.791. The molecule has 14 heavy (non-hydrogen) atoms. The third kappa shape index (κ3) is 1.55. The fourth-order valence-corrected chi connectivity index (χ4v) is 2.44. The summed E-state index contributed by atoms with van der Waals surface area (Å²) in [5.74, 6) is 0.586. The Morgan fingerprint density at radius 2 is 2.36 bits per heavy atom. The maximum Gasteiger partial charge on any atom is 0.268 e. The molecule has 1 aromatic rings. The maximum atomic E-state index is 11.5. The zero-order valence-electron chi connectivity index (χ0n) is 8.25. The van der Waals surface area contributed by atoms with Gasteiger partial charge in [0.1, 0.15) is 5.69 Å². The fourth-order valence-electron chi connectivity index (χ4n) is 1.85. The summed E-state index contributed by atoms with van der Waals surface area (Å²) < 4.78 is 3.23. The van der Waals surface area contributed by atoms with Gasteiger partial charge in [-0.1, -0.05) is 13.8 Å². The van der Waals surface area contributed by atoms with E-state index in [1.807, 2.05) is 6.07 Å². The number of halogens is 1. The molecule has 0 bridgehead atoms. The Kier molecular flexibility index (Phi) is 2.55. The molecular weight excluding hydrogens is 291 g/mol. The van der Waals surface area contributed by atoms with Crippen LogP contribution < -0.4 is 5.32 Å². The quantitative estimate of drug-likeness (QED) is 0.792. The third-order valence-corrected chi connectivity index (χ3v) is 3.24. The van der Waals surface area contributed by atoms with Gasteiger partial charge >= 0.3 is 0 Å². The second-order valence-corrected chi connectivity index (χ2v) is 5.22. The van der Waals surface area contributed by atoms with Crippen molar-refractivity contribution in [1.82, 2.24) is 9.88 Å². The normalized spacial score (nSPS) is 20.9. The van der Waals surface area contributed by atoms with Gasteiger partial charge in [0, 0.05) is 16.3 Å². The van der Waals surface area contributed by atoms with Crippen LogP contribution in [-0.4, -0.2) is 17.0 Å². The Labute approximate surface area is 97.0 Å². The van der Waals surface area contributed by atoms with Crippen LogP contribution >= 0.6 is 22.6 Å². The molecule has 3 nitrogen and oxygen atoms in total. The van der Waals surface area contributed by atoms with Crippen molar-refractivity contribution >= 4 is 28.5 Å². The lowest BCUT2D eigenvalue weighted by molar-refractivity contribution is 0.0905. The van der Waals surface area contributed by atoms with Crippen molar-refractivity contribution in [1.29, 1.82) is 0 Å². The summed E-state index contributed by atoms with van der Waals surface area (Å²) >= 11 is 2.24. The van der Waals surface area contributed by atoms with Crippen LogP contribution in [0.3, 0.4) is 0 Å². The highest BCUT2D eigenvalue weighted by Gasteiger charge is 2.26. The smallest absolute Gasteiger partial charge is 0.268 e. The minimum absolute atomic E-state index is 0.0461. The molecule has 0 saturated carbocycles. The van der Waals surface area contributed by atoms with Crippen LogP contribution in [0.25, 0.3) is 0 Å². The van der Waals surface area contributed by atoms with E-state index in [2.05, 4.69) is 52.5 Å². The van der Waals surface area contributed by atoms with Gasteiger partial charge in [-0.25, -0.2) is 0 Å². The van der Waals surface area contributed by atoms with Crippen molar-refractivity contribution in [3.8, 4) is 0 Å². The first-order valence-corrected chi connectivity index (χ1v) is 5.83. The van der Waals surface area contributed by atoms with E-state index in [9.17, 15) is 4.79 Å². The first kappa shape index (κ1) is 10.0. The van der Waals surface area contributed by atoms with Gasteiger partial charge in [0.2, 0.25) is 0 Å². The number of rotatable bonds is 1. The van der Waals surface area contributed by atoms with E-state index in [4.69, 9.17) is 0 Å². The van der Waals surface area contributed by atoms with E-state index in [-0.39, 0.29) is 5.91 Å². The van der Waals surface area contributed by atoms with Crippen molar-refractivity contribution in [3.05, 3.63) is 21.5 Å². The van der Waals surface area contributed by atoms with E-state index in [0.717, 1.165) is 15.8 Å². The Hall–Kier alpha value is -0.520. The first-order chi connectivity index (χ1) is 6.59. The molecule has 1 atom stereocenters. The molecule has 0 fully saturated rings.